The molecule has 0 unspecified atom stereocenters. The van der Waals surface area contributed by atoms with Crippen molar-refractivity contribution in [2.45, 2.75) is 13.1 Å². The largest absolute Gasteiger partial charge is 0.504 e. The maximum atomic E-state index is 12.6. The maximum absolute atomic E-state index is 12.6. The fourth-order valence-electron chi connectivity index (χ4n) is 1.36. The molecule has 0 aromatic carbocycles. The molecule has 0 fully saturated rings. The Morgan fingerprint density at radius 3 is 2.57 bits per heavy atom. The van der Waals surface area contributed by atoms with Crippen LogP contribution in [0.5, 0.6) is 0 Å². The van der Waals surface area contributed by atoms with Crippen molar-refractivity contribution in [2.24, 2.45) is 4.99 Å². The minimum atomic E-state index is -5.14. The summed E-state index contributed by atoms with van der Waals surface area (Å²) < 4.78 is 46.7. The van der Waals surface area contributed by atoms with Gasteiger partial charge in [-0.25, -0.2) is 9.59 Å². The first-order valence-corrected chi connectivity index (χ1v) is 7.02. The number of halogens is 3. The lowest BCUT2D eigenvalue weighted by Gasteiger charge is -2.09. The summed E-state index contributed by atoms with van der Waals surface area (Å²) in [5.41, 5.74) is -1.15. The Kier molecular flexibility index (Phi) is 6.31. The van der Waals surface area contributed by atoms with Gasteiger partial charge in [-0.15, -0.1) is 11.3 Å². The van der Waals surface area contributed by atoms with E-state index < -0.39 is 29.4 Å². The zero-order valence-electron chi connectivity index (χ0n) is 12.0. The van der Waals surface area contributed by atoms with E-state index in [0.717, 1.165) is 18.4 Å². The zero-order chi connectivity index (χ0) is 17.6. The number of thiophene rings is 1. The van der Waals surface area contributed by atoms with Gasteiger partial charge in [-0.3, -0.25) is 4.99 Å². The summed E-state index contributed by atoms with van der Waals surface area (Å²) in [7, 11) is 1.13. The number of aliphatic hydroxyl groups is 1. The lowest BCUT2D eigenvalue weighted by molar-refractivity contribution is -0.141. The van der Waals surface area contributed by atoms with Crippen molar-refractivity contribution < 1.29 is 37.3 Å². The van der Waals surface area contributed by atoms with E-state index >= 15 is 0 Å². The molecule has 1 rings (SSSR count). The average Bonchev–Trinajstić information content (AvgIpc) is 2.94. The Morgan fingerprint density at radius 2 is 2.04 bits per heavy atom. The molecule has 1 aromatic heterocycles. The second-order valence-electron chi connectivity index (χ2n) is 3.90. The fourth-order valence-corrected chi connectivity index (χ4v) is 2.10. The number of carbonyl (C=O) groups excluding carboxylic acids is 2. The van der Waals surface area contributed by atoms with Crippen LogP contribution in [0.3, 0.4) is 0 Å². The number of methoxy groups -OCH3 is 1. The minimum Gasteiger partial charge on any atom is -0.504 e. The van der Waals surface area contributed by atoms with Crippen molar-refractivity contribution in [3.8, 4) is 0 Å². The normalized spacial score (nSPS) is 12.9. The van der Waals surface area contributed by atoms with Crippen molar-refractivity contribution in [2.75, 3.05) is 13.7 Å². The van der Waals surface area contributed by atoms with Crippen molar-refractivity contribution in [1.29, 1.82) is 0 Å². The number of rotatable bonds is 5. The standard InChI is InChI=1S/C13H12F3NO5S/c1-3-22-12(20)7(10(18)13(14,15)16)4-17-9-6-23-5-8(9)11(19)21-2/h4-6,18H,3H2,1-2H3/b10-7-,17-4?. The van der Waals surface area contributed by atoms with Crippen molar-refractivity contribution in [3.05, 3.63) is 27.7 Å². The molecule has 0 aliphatic heterocycles. The Bertz CT molecular complexity index is 648. The number of alkyl halides is 3. The van der Waals surface area contributed by atoms with E-state index in [-0.39, 0.29) is 17.9 Å². The van der Waals surface area contributed by atoms with Gasteiger partial charge in [0, 0.05) is 17.0 Å². The predicted octanol–water partition coefficient (Wildman–Crippen LogP) is 3.17. The van der Waals surface area contributed by atoms with E-state index in [4.69, 9.17) is 5.11 Å². The molecule has 126 valence electrons. The Morgan fingerprint density at radius 1 is 1.39 bits per heavy atom. The lowest BCUT2D eigenvalue weighted by Crippen LogP contribution is -2.20. The van der Waals surface area contributed by atoms with Crippen LogP contribution in [0.1, 0.15) is 17.3 Å². The zero-order valence-corrected chi connectivity index (χ0v) is 12.8. The summed E-state index contributed by atoms with van der Waals surface area (Å²) in [5.74, 6) is -4.25. The highest BCUT2D eigenvalue weighted by Crippen LogP contribution is 2.28. The molecule has 1 N–H and O–H groups in total. The third-order valence-electron chi connectivity index (χ3n) is 2.40. The molecule has 1 heterocycles. The highest BCUT2D eigenvalue weighted by molar-refractivity contribution is 7.08. The molecule has 0 aliphatic rings. The molecule has 6 nitrogen and oxygen atoms in total. The Hall–Kier alpha value is -2.36. The number of aliphatic hydroxyl groups excluding tert-OH is 1. The van der Waals surface area contributed by atoms with Crippen LogP contribution in [0.2, 0.25) is 0 Å². The van der Waals surface area contributed by atoms with Crippen molar-refractivity contribution >= 4 is 35.2 Å². The minimum absolute atomic E-state index is 0.00128. The van der Waals surface area contributed by atoms with Crippen LogP contribution < -0.4 is 0 Å². The molecule has 0 saturated heterocycles. The number of esters is 2. The Labute approximate surface area is 132 Å². The first-order valence-electron chi connectivity index (χ1n) is 6.08. The molecule has 0 saturated carbocycles. The smallest absolute Gasteiger partial charge is 0.449 e. The molecule has 23 heavy (non-hydrogen) atoms. The Balaban J connectivity index is 3.24. The summed E-state index contributed by atoms with van der Waals surface area (Å²) in [6.07, 6.45) is -4.65. The van der Waals surface area contributed by atoms with Gasteiger partial charge in [0.05, 0.1) is 25.0 Å². The summed E-state index contributed by atoms with van der Waals surface area (Å²) in [6.45, 7) is 1.21. The van der Waals surface area contributed by atoms with Crippen LogP contribution >= 0.6 is 11.3 Å². The number of hydrogen-bond acceptors (Lipinski definition) is 7. The first-order chi connectivity index (χ1) is 10.7. The van der Waals surface area contributed by atoms with Crippen LogP contribution in [-0.4, -0.2) is 43.2 Å². The topological polar surface area (TPSA) is 85.2 Å². The third kappa shape index (κ3) is 4.81. The molecule has 0 bridgehead atoms. The molecule has 0 spiro atoms. The van der Waals surface area contributed by atoms with Gasteiger partial charge in [0.25, 0.3) is 0 Å². The number of carbonyl (C=O) groups is 2. The van der Waals surface area contributed by atoms with E-state index in [2.05, 4.69) is 14.5 Å². The van der Waals surface area contributed by atoms with Crippen LogP contribution in [0.25, 0.3) is 0 Å². The van der Waals surface area contributed by atoms with Gasteiger partial charge in [0.1, 0.15) is 5.57 Å². The summed E-state index contributed by atoms with van der Waals surface area (Å²) in [4.78, 5) is 26.6. The van der Waals surface area contributed by atoms with Gasteiger partial charge < -0.3 is 14.6 Å². The van der Waals surface area contributed by atoms with Gasteiger partial charge in [0.2, 0.25) is 5.76 Å². The van der Waals surface area contributed by atoms with E-state index in [1.807, 2.05) is 0 Å². The van der Waals surface area contributed by atoms with Crippen LogP contribution in [-0.2, 0) is 14.3 Å². The second kappa shape index (κ2) is 7.77. The quantitative estimate of drug-likeness (QED) is 0.381. The second-order valence-corrected chi connectivity index (χ2v) is 4.64. The number of hydrogen-bond donors (Lipinski definition) is 1. The van der Waals surface area contributed by atoms with E-state index in [1.54, 1.807) is 0 Å². The summed E-state index contributed by atoms with van der Waals surface area (Å²) in [6, 6.07) is 0. The monoisotopic (exact) mass is 351 g/mol. The van der Waals surface area contributed by atoms with Gasteiger partial charge in [-0.05, 0) is 6.92 Å². The van der Waals surface area contributed by atoms with Gasteiger partial charge in [-0.1, -0.05) is 0 Å². The van der Waals surface area contributed by atoms with Crippen LogP contribution in [0, 0.1) is 0 Å². The highest BCUT2D eigenvalue weighted by atomic mass is 32.1. The van der Waals surface area contributed by atoms with Crippen molar-refractivity contribution in [1.82, 2.24) is 0 Å². The average molecular weight is 351 g/mol. The first kappa shape index (κ1) is 18.7. The molecule has 0 amide bonds. The van der Waals surface area contributed by atoms with E-state index in [0.29, 0.717) is 6.21 Å². The van der Waals surface area contributed by atoms with Gasteiger partial charge >= 0.3 is 18.1 Å². The van der Waals surface area contributed by atoms with Crippen LogP contribution in [0.15, 0.2) is 27.1 Å². The van der Waals surface area contributed by atoms with E-state index in [9.17, 15) is 22.8 Å². The SMILES string of the molecule is CCOC(=O)/C(C=Nc1cscc1C(=O)OC)=C(\O)C(F)(F)F. The molecule has 0 radical (unpaired) electrons. The molecule has 0 aliphatic carbocycles. The number of nitrogens with zero attached hydrogens (tertiary/aromatic N) is 1. The number of allylic oxidation sites excluding steroid dienone is 1. The molecule has 0 atom stereocenters. The van der Waals surface area contributed by atoms with E-state index in [1.165, 1.54) is 17.7 Å². The molecular formula is C13H12F3NO5S. The number of ether oxygens (including phenoxy) is 2. The molecule has 1 aromatic rings. The van der Waals surface area contributed by atoms with Crippen LogP contribution in [0.4, 0.5) is 18.9 Å². The third-order valence-corrected chi connectivity index (χ3v) is 3.13. The summed E-state index contributed by atoms with van der Waals surface area (Å²) >= 11 is 1.06. The molecular weight excluding hydrogens is 339 g/mol. The fraction of sp³-hybridized carbons (Fsp3) is 0.308. The highest BCUT2D eigenvalue weighted by Gasteiger charge is 2.38. The maximum Gasteiger partial charge on any atom is 0.449 e. The van der Waals surface area contributed by atoms with Crippen molar-refractivity contribution in [3.63, 3.8) is 0 Å². The van der Waals surface area contributed by atoms with Gasteiger partial charge in [0.15, 0.2) is 0 Å². The predicted molar refractivity (Wildman–Crippen MR) is 76.2 cm³/mol. The van der Waals surface area contributed by atoms with Gasteiger partial charge in [-0.2, -0.15) is 13.2 Å². The number of aliphatic imine (C=N–C) groups is 1. The molecule has 10 heteroatoms. The summed E-state index contributed by atoms with van der Waals surface area (Å²) in [5, 5.41) is 11.9. The lowest BCUT2D eigenvalue weighted by atomic mass is 10.2.